The Kier molecular flexibility index (Phi) is 7.12. The Balaban J connectivity index is 1.21. The summed E-state index contributed by atoms with van der Waals surface area (Å²) in [6, 6.07) is 72.9. The lowest BCUT2D eigenvalue weighted by Gasteiger charge is -2.30. The second kappa shape index (κ2) is 12.5. The van der Waals surface area contributed by atoms with E-state index in [1.165, 1.54) is 57.6 Å². The molecule has 0 spiro atoms. The third-order valence-electron chi connectivity index (χ3n) is 11.9. The predicted octanol–water partition coefficient (Wildman–Crippen LogP) is 10.6. The van der Waals surface area contributed by atoms with E-state index >= 15 is 0 Å². The largest absolute Gasteiger partial charge is 0.308 e. The summed E-state index contributed by atoms with van der Waals surface area (Å²) in [7, 11) is -2.93. The molecular weight excluding hydrogens is 727 g/mol. The Hall–Kier alpha value is -6.92. The molecule has 266 valence electrons. The molecule has 12 rings (SSSR count). The Labute approximate surface area is 334 Å². The molecule has 4 heterocycles. The maximum Gasteiger partial charge on any atom is 0.203 e. The quantitative estimate of drug-likeness (QED) is 0.164. The number of aromatic nitrogens is 3. The first-order valence-corrected chi connectivity index (χ1v) is 22.2. The van der Waals surface area contributed by atoms with E-state index in [4.69, 9.17) is 9.97 Å². The summed E-state index contributed by atoms with van der Waals surface area (Å²) in [6.07, 6.45) is 0. The highest BCUT2D eigenvalue weighted by atomic mass is 32.1. The highest BCUT2D eigenvalue weighted by molar-refractivity contribution is 7.26. The van der Waals surface area contributed by atoms with Gasteiger partial charge in [-0.1, -0.05) is 164 Å². The molecule has 1 aliphatic heterocycles. The zero-order chi connectivity index (χ0) is 37.5. The summed E-state index contributed by atoms with van der Waals surface area (Å²) in [5.41, 5.74) is 8.80. The van der Waals surface area contributed by atoms with Crippen molar-refractivity contribution in [3.8, 4) is 39.5 Å². The van der Waals surface area contributed by atoms with E-state index in [0.29, 0.717) is 0 Å². The first-order chi connectivity index (χ1) is 28.3. The Morgan fingerprint density at radius 2 is 1.05 bits per heavy atom. The van der Waals surface area contributed by atoms with Crippen molar-refractivity contribution in [2.75, 3.05) is 0 Å². The first kappa shape index (κ1) is 32.3. The minimum atomic E-state index is -2.93. The normalized spacial score (nSPS) is 13.1. The van der Waals surface area contributed by atoms with Crippen LogP contribution in [-0.2, 0) is 0 Å². The molecule has 11 aromatic rings. The molecule has 0 amide bonds. The van der Waals surface area contributed by atoms with E-state index in [-0.39, 0.29) is 0 Å². The Bertz CT molecular complexity index is 3310. The average molecular weight is 760 g/mol. The number of hydrogen-bond donors (Lipinski definition) is 0. The SMILES string of the molecule is c1ccc(-c2nc(-c3ccccc3-n3c4ccccc4c4c5c(ccc43)sc3ccccc35)nc3c2-c2ccccc2[Si]3(c2ccccc2)c2ccccc2)cc1. The maximum atomic E-state index is 5.88. The smallest absolute Gasteiger partial charge is 0.203 e. The molecule has 1 aliphatic rings. The average Bonchev–Trinajstić information content (AvgIpc) is 3.93. The van der Waals surface area contributed by atoms with Gasteiger partial charge in [-0.05, 0) is 57.5 Å². The third kappa shape index (κ3) is 4.58. The van der Waals surface area contributed by atoms with Crippen LogP contribution in [0.3, 0.4) is 0 Å². The fourth-order valence-corrected chi connectivity index (χ4v) is 15.7. The van der Waals surface area contributed by atoms with Gasteiger partial charge < -0.3 is 4.57 Å². The zero-order valence-electron chi connectivity index (χ0n) is 30.8. The van der Waals surface area contributed by atoms with Gasteiger partial charge in [-0.2, -0.15) is 0 Å². The van der Waals surface area contributed by atoms with Crippen LogP contribution < -0.4 is 20.9 Å². The van der Waals surface area contributed by atoms with E-state index < -0.39 is 8.07 Å². The summed E-state index contributed by atoms with van der Waals surface area (Å²) < 4.78 is 5.05. The van der Waals surface area contributed by atoms with Gasteiger partial charge in [0.15, 0.2) is 5.82 Å². The molecule has 0 bridgehead atoms. The van der Waals surface area contributed by atoms with Crippen LogP contribution in [0.25, 0.3) is 81.4 Å². The van der Waals surface area contributed by atoms with Gasteiger partial charge in [0.05, 0.1) is 27.7 Å². The molecule has 0 unspecified atom stereocenters. The van der Waals surface area contributed by atoms with Gasteiger partial charge in [0.1, 0.15) is 0 Å². The third-order valence-corrected chi connectivity index (χ3v) is 17.7. The summed E-state index contributed by atoms with van der Waals surface area (Å²) in [5.74, 6) is 0.729. The molecule has 0 atom stereocenters. The molecule has 0 saturated heterocycles. The molecule has 0 aliphatic carbocycles. The van der Waals surface area contributed by atoms with Crippen molar-refractivity contribution in [3.05, 3.63) is 200 Å². The van der Waals surface area contributed by atoms with Crippen molar-refractivity contribution in [2.45, 2.75) is 0 Å². The topological polar surface area (TPSA) is 30.7 Å². The second-order valence-corrected chi connectivity index (χ2v) is 19.6. The molecule has 57 heavy (non-hydrogen) atoms. The number of thiophene rings is 1. The fraction of sp³-hybridized carbons (Fsp3) is 0. The minimum absolute atomic E-state index is 0.729. The molecule has 0 N–H and O–H groups in total. The Morgan fingerprint density at radius 3 is 1.82 bits per heavy atom. The standard InChI is InChI=1S/C52H33N3SSi/c1-4-18-34(19-5-1)50-49-40-27-13-17-31-46(40)57(35-20-6-2-7-21-35,36-22-8-3-9-23-36)52(49)54-51(53-50)38-25-11-15-29-42(38)55-41-28-14-10-24-37(41)47-43(55)32-33-45-48(47)39-26-12-16-30-44(39)56-45/h1-33H. The van der Waals surface area contributed by atoms with Gasteiger partial charge in [-0.25, -0.2) is 9.97 Å². The molecular formula is C52H33N3SSi. The lowest BCUT2D eigenvalue weighted by atomic mass is 10.0. The molecule has 5 heteroatoms. The number of benzene rings is 8. The van der Waals surface area contributed by atoms with Gasteiger partial charge >= 0.3 is 0 Å². The summed E-state index contributed by atoms with van der Waals surface area (Å²) in [5, 5.41) is 10.3. The summed E-state index contributed by atoms with van der Waals surface area (Å²) in [4.78, 5) is 11.5. The maximum absolute atomic E-state index is 5.88. The highest BCUT2D eigenvalue weighted by Gasteiger charge is 2.51. The zero-order valence-corrected chi connectivity index (χ0v) is 32.6. The first-order valence-electron chi connectivity index (χ1n) is 19.4. The molecule has 3 nitrogen and oxygen atoms in total. The van der Waals surface area contributed by atoms with Crippen molar-refractivity contribution in [1.82, 2.24) is 14.5 Å². The Morgan fingerprint density at radius 1 is 0.439 bits per heavy atom. The van der Waals surface area contributed by atoms with Crippen molar-refractivity contribution >= 4 is 82.3 Å². The van der Waals surface area contributed by atoms with E-state index in [0.717, 1.165) is 44.7 Å². The minimum Gasteiger partial charge on any atom is -0.308 e. The predicted molar refractivity (Wildman–Crippen MR) is 243 cm³/mol. The van der Waals surface area contributed by atoms with Gasteiger partial charge in [-0.3, -0.25) is 0 Å². The van der Waals surface area contributed by atoms with Crippen LogP contribution in [0.1, 0.15) is 0 Å². The van der Waals surface area contributed by atoms with Crippen LogP contribution in [-0.4, -0.2) is 22.6 Å². The van der Waals surface area contributed by atoms with Crippen molar-refractivity contribution in [1.29, 1.82) is 0 Å². The lowest BCUT2D eigenvalue weighted by Crippen LogP contribution is -2.73. The highest BCUT2D eigenvalue weighted by Crippen LogP contribution is 2.44. The van der Waals surface area contributed by atoms with Gasteiger partial charge in [0, 0.05) is 47.6 Å². The summed E-state index contributed by atoms with van der Waals surface area (Å²) in [6.45, 7) is 0. The van der Waals surface area contributed by atoms with E-state index in [1.54, 1.807) is 0 Å². The van der Waals surface area contributed by atoms with Gasteiger partial charge in [0.25, 0.3) is 0 Å². The monoisotopic (exact) mass is 759 g/mol. The number of nitrogens with zero attached hydrogens (tertiary/aromatic N) is 3. The molecule has 0 saturated carbocycles. The van der Waals surface area contributed by atoms with Crippen molar-refractivity contribution in [3.63, 3.8) is 0 Å². The number of para-hydroxylation sites is 2. The van der Waals surface area contributed by atoms with Crippen LogP contribution in [0.4, 0.5) is 0 Å². The van der Waals surface area contributed by atoms with Crippen LogP contribution in [0.5, 0.6) is 0 Å². The fourth-order valence-electron chi connectivity index (χ4n) is 9.59. The van der Waals surface area contributed by atoms with Crippen LogP contribution in [0.15, 0.2) is 200 Å². The number of hydrogen-bond acceptors (Lipinski definition) is 3. The molecule has 8 aromatic carbocycles. The van der Waals surface area contributed by atoms with E-state index in [1.807, 2.05) is 11.3 Å². The van der Waals surface area contributed by atoms with E-state index in [9.17, 15) is 0 Å². The van der Waals surface area contributed by atoms with Gasteiger partial charge in [0.2, 0.25) is 8.07 Å². The second-order valence-electron chi connectivity index (χ2n) is 14.8. The lowest BCUT2D eigenvalue weighted by molar-refractivity contribution is 1.15. The molecule has 3 aromatic heterocycles. The van der Waals surface area contributed by atoms with Crippen molar-refractivity contribution in [2.24, 2.45) is 0 Å². The molecule has 0 fully saturated rings. The van der Waals surface area contributed by atoms with Crippen molar-refractivity contribution < 1.29 is 0 Å². The van der Waals surface area contributed by atoms with E-state index in [2.05, 4.69) is 205 Å². The van der Waals surface area contributed by atoms with Crippen LogP contribution in [0, 0.1) is 0 Å². The molecule has 0 radical (unpaired) electrons. The van der Waals surface area contributed by atoms with Gasteiger partial charge in [-0.15, -0.1) is 11.3 Å². The van der Waals surface area contributed by atoms with Crippen LogP contribution >= 0.6 is 11.3 Å². The van der Waals surface area contributed by atoms with Crippen LogP contribution in [0.2, 0.25) is 0 Å². The number of rotatable bonds is 5. The number of fused-ring (bicyclic) bond motifs is 10. The summed E-state index contributed by atoms with van der Waals surface area (Å²) >= 11 is 1.87.